The van der Waals surface area contributed by atoms with Crippen molar-refractivity contribution in [3.8, 4) is 5.75 Å². The van der Waals surface area contributed by atoms with Gasteiger partial charge in [0.15, 0.2) is 6.61 Å². The summed E-state index contributed by atoms with van der Waals surface area (Å²) >= 11 is 0. The lowest BCUT2D eigenvalue weighted by Crippen LogP contribution is -2.24. The van der Waals surface area contributed by atoms with Crippen molar-refractivity contribution in [3.05, 3.63) is 78.1 Å². The summed E-state index contributed by atoms with van der Waals surface area (Å²) in [6.45, 7) is -0.228. The van der Waals surface area contributed by atoms with Gasteiger partial charge >= 0.3 is 0 Å². The Labute approximate surface area is 159 Å². The lowest BCUT2D eigenvalue weighted by Gasteiger charge is -2.06. The minimum atomic E-state index is -0.433. The molecule has 3 rings (SSSR count). The van der Waals surface area contributed by atoms with Gasteiger partial charge in [-0.05, 0) is 48.5 Å². The molecule has 0 bridgehead atoms. The molecule has 2 aromatic heterocycles. The Balaban J connectivity index is 1.42. The summed E-state index contributed by atoms with van der Waals surface area (Å²) in [6, 6.07) is 13.1. The SMILES string of the molecule is O=C(COc1ccc(C(=O)N/N=C/c2ccco2)cc1)N/N=C/c1ccco1. The van der Waals surface area contributed by atoms with Crippen molar-refractivity contribution in [1.29, 1.82) is 0 Å². The predicted molar refractivity (Wildman–Crippen MR) is 100 cm³/mol. The first kappa shape index (κ1) is 18.6. The third kappa shape index (κ3) is 5.70. The summed E-state index contributed by atoms with van der Waals surface area (Å²) in [7, 11) is 0. The average molecular weight is 380 g/mol. The quantitative estimate of drug-likeness (QED) is 0.459. The highest BCUT2D eigenvalue weighted by atomic mass is 16.5. The van der Waals surface area contributed by atoms with Crippen LogP contribution in [0.25, 0.3) is 0 Å². The molecule has 142 valence electrons. The van der Waals surface area contributed by atoms with Gasteiger partial charge in [-0.3, -0.25) is 9.59 Å². The second kappa shape index (κ2) is 9.53. The van der Waals surface area contributed by atoms with E-state index in [0.29, 0.717) is 22.8 Å². The molecule has 1 aromatic carbocycles. The number of benzene rings is 1. The summed E-state index contributed by atoms with van der Waals surface area (Å²) in [5, 5.41) is 7.54. The molecular formula is C19H16N4O5. The molecule has 9 nitrogen and oxygen atoms in total. The maximum absolute atomic E-state index is 12.0. The van der Waals surface area contributed by atoms with Crippen LogP contribution in [0.1, 0.15) is 21.9 Å². The van der Waals surface area contributed by atoms with Crippen LogP contribution in [0.2, 0.25) is 0 Å². The Kier molecular flexibility index (Phi) is 6.34. The molecule has 9 heteroatoms. The molecule has 28 heavy (non-hydrogen) atoms. The molecule has 2 heterocycles. The highest BCUT2D eigenvalue weighted by Crippen LogP contribution is 2.12. The lowest BCUT2D eigenvalue weighted by molar-refractivity contribution is -0.123. The van der Waals surface area contributed by atoms with Crippen molar-refractivity contribution in [2.24, 2.45) is 10.2 Å². The van der Waals surface area contributed by atoms with E-state index in [0.717, 1.165) is 0 Å². The molecular weight excluding hydrogens is 364 g/mol. The highest BCUT2D eigenvalue weighted by Gasteiger charge is 2.06. The smallest absolute Gasteiger partial charge is 0.277 e. The molecule has 0 atom stereocenters. The zero-order chi connectivity index (χ0) is 19.6. The summed E-state index contributed by atoms with van der Waals surface area (Å²) in [4.78, 5) is 23.6. The number of nitrogens with one attached hydrogen (secondary N) is 2. The maximum Gasteiger partial charge on any atom is 0.277 e. The highest BCUT2D eigenvalue weighted by molar-refractivity contribution is 5.94. The second-order valence-corrected chi connectivity index (χ2v) is 5.34. The van der Waals surface area contributed by atoms with Crippen molar-refractivity contribution in [1.82, 2.24) is 10.9 Å². The number of ether oxygens (including phenoxy) is 1. The van der Waals surface area contributed by atoms with E-state index in [-0.39, 0.29) is 12.5 Å². The van der Waals surface area contributed by atoms with E-state index in [1.807, 2.05) is 0 Å². The number of furan rings is 2. The fourth-order valence-electron chi connectivity index (χ4n) is 2.00. The van der Waals surface area contributed by atoms with Crippen LogP contribution in [0.15, 0.2) is 80.1 Å². The zero-order valence-electron chi connectivity index (χ0n) is 14.6. The van der Waals surface area contributed by atoms with Crippen molar-refractivity contribution < 1.29 is 23.2 Å². The van der Waals surface area contributed by atoms with Gasteiger partial charge in [0.05, 0.1) is 25.0 Å². The van der Waals surface area contributed by atoms with E-state index in [9.17, 15) is 9.59 Å². The van der Waals surface area contributed by atoms with Gasteiger partial charge in [-0.1, -0.05) is 0 Å². The Bertz CT molecular complexity index is 945. The van der Waals surface area contributed by atoms with Crippen LogP contribution in [0.4, 0.5) is 0 Å². The Morgan fingerprint density at radius 2 is 1.50 bits per heavy atom. The third-order valence-corrected chi connectivity index (χ3v) is 3.31. The minimum absolute atomic E-state index is 0.228. The molecule has 0 aliphatic heterocycles. The molecule has 2 amide bonds. The molecule has 0 saturated heterocycles. The first-order valence-electron chi connectivity index (χ1n) is 8.16. The third-order valence-electron chi connectivity index (χ3n) is 3.31. The summed E-state index contributed by atoms with van der Waals surface area (Å²) in [5.41, 5.74) is 5.08. The summed E-state index contributed by atoms with van der Waals surface area (Å²) in [6.07, 6.45) is 5.78. The molecule has 0 spiro atoms. The van der Waals surface area contributed by atoms with E-state index in [1.165, 1.54) is 25.0 Å². The van der Waals surface area contributed by atoms with Gasteiger partial charge in [-0.15, -0.1) is 0 Å². The van der Waals surface area contributed by atoms with Gasteiger partial charge < -0.3 is 13.6 Å². The molecule has 3 aromatic rings. The van der Waals surface area contributed by atoms with E-state index >= 15 is 0 Å². The number of nitrogens with zero attached hydrogens (tertiary/aromatic N) is 2. The number of hydrogen-bond donors (Lipinski definition) is 2. The van der Waals surface area contributed by atoms with Crippen LogP contribution in [0.3, 0.4) is 0 Å². The molecule has 0 unspecified atom stereocenters. The van der Waals surface area contributed by atoms with Gasteiger partial charge in [0.1, 0.15) is 17.3 Å². The second-order valence-electron chi connectivity index (χ2n) is 5.34. The largest absolute Gasteiger partial charge is 0.484 e. The monoisotopic (exact) mass is 380 g/mol. The van der Waals surface area contributed by atoms with Gasteiger partial charge in [-0.25, -0.2) is 10.9 Å². The molecule has 2 N–H and O–H groups in total. The van der Waals surface area contributed by atoms with Gasteiger partial charge in [0.25, 0.3) is 11.8 Å². The fourth-order valence-corrected chi connectivity index (χ4v) is 2.00. The van der Waals surface area contributed by atoms with Crippen molar-refractivity contribution in [2.45, 2.75) is 0 Å². The zero-order valence-corrected chi connectivity index (χ0v) is 14.6. The molecule has 0 aliphatic carbocycles. The Morgan fingerprint density at radius 3 is 2.07 bits per heavy atom. The Hall–Kier alpha value is -4.14. The van der Waals surface area contributed by atoms with Crippen LogP contribution in [0, 0.1) is 0 Å². The Morgan fingerprint density at radius 1 is 0.893 bits per heavy atom. The molecule has 0 saturated carbocycles. The predicted octanol–water partition coefficient (Wildman–Crippen LogP) is 2.17. The lowest BCUT2D eigenvalue weighted by atomic mass is 10.2. The number of carbonyl (C=O) groups excluding carboxylic acids is 2. The average Bonchev–Trinajstić information content (AvgIpc) is 3.41. The standard InChI is InChI=1S/C19H16N4O5/c24-18(22-20-11-16-3-1-9-26-16)13-28-15-7-5-14(6-8-15)19(25)23-21-12-17-4-2-10-27-17/h1-12H,13H2,(H,22,24)(H,23,25)/b20-11+,21-12+. The van der Waals surface area contributed by atoms with Gasteiger partial charge in [-0.2, -0.15) is 10.2 Å². The first-order valence-corrected chi connectivity index (χ1v) is 8.16. The van der Waals surface area contributed by atoms with E-state index in [4.69, 9.17) is 13.6 Å². The van der Waals surface area contributed by atoms with Crippen LogP contribution >= 0.6 is 0 Å². The number of hydrazone groups is 2. The minimum Gasteiger partial charge on any atom is -0.484 e. The molecule has 0 radical (unpaired) electrons. The van der Waals surface area contributed by atoms with E-state index in [1.54, 1.807) is 48.5 Å². The fraction of sp³-hybridized carbons (Fsp3) is 0.0526. The molecule has 0 aliphatic rings. The number of hydrogen-bond acceptors (Lipinski definition) is 7. The van der Waals surface area contributed by atoms with Crippen LogP contribution in [0.5, 0.6) is 5.75 Å². The van der Waals surface area contributed by atoms with Crippen LogP contribution < -0.4 is 15.6 Å². The number of rotatable bonds is 8. The van der Waals surface area contributed by atoms with Crippen molar-refractivity contribution in [2.75, 3.05) is 6.61 Å². The summed E-state index contributed by atoms with van der Waals surface area (Å²) in [5.74, 6) is 0.649. The van der Waals surface area contributed by atoms with Gasteiger partial charge in [0.2, 0.25) is 0 Å². The first-order chi connectivity index (χ1) is 13.7. The van der Waals surface area contributed by atoms with Gasteiger partial charge in [0, 0.05) is 5.56 Å². The van der Waals surface area contributed by atoms with E-state index in [2.05, 4.69) is 21.1 Å². The van der Waals surface area contributed by atoms with E-state index < -0.39 is 5.91 Å². The number of carbonyl (C=O) groups is 2. The van der Waals surface area contributed by atoms with Crippen molar-refractivity contribution in [3.63, 3.8) is 0 Å². The maximum atomic E-state index is 12.0. The van der Waals surface area contributed by atoms with Crippen LogP contribution in [-0.4, -0.2) is 30.9 Å². The number of amides is 2. The molecule has 0 fully saturated rings. The normalized spacial score (nSPS) is 11.0. The van der Waals surface area contributed by atoms with Crippen LogP contribution in [-0.2, 0) is 4.79 Å². The summed E-state index contributed by atoms with van der Waals surface area (Å²) < 4.78 is 15.4. The van der Waals surface area contributed by atoms with Crippen molar-refractivity contribution >= 4 is 24.2 Å². The topological polar surface area (TPSA) is 118 Å².